The number of nitrogens with one attached hydrogen (secondary N) is 2. The van der Waals surface area contributed by atoms with Crippen LogP contribution in [0.2, 0.25) is 5.02 Å². The van der Waals surface area contributed by atoms with Gasteiger partial charge in [-0.05, 0) is 57.1 Å². The first-order valence-corrected chi connectivity index (χ1v) is 7.47. The lowest BCUT2D eigenvalue weighted by molar-refractivity contribution is -0.117. The molecule has 1 aromatic carbocycles. The Morgan fingerprint density at radius 3 is 3.00 bits per heavy atom. The number of carbonyl (C=O) groups excluding carboxylic acids is 1. The Kier molecular flexibility index (Phi) is 8.04. The Labute approximate surface area is 137 Å². The topological polar surface area (TPSA) is 44.4 Å². The molecule has 2 rings (SSSR count). The van der Waals surface area contributed by atoms with Crippen molar-refractivity contribution in [1.29, 1.82) is 0 Å². The fourth-order valence-electron chi connectivity index (χ4n) is 2.72. The largest absolute Gasteiger partial charge is 0.325 e. The van der Waals surface area contributed by atoms with Crippen molar-refractivity contribution in [3.63, 3.8) is 0 Å². The van der Waals surface area contributed by atoms with Crippen LogP contribution in [0.5, 0.6) is 0 Å². The van der Waals surface area contributed by atoms with E-state index >= 15 is 0 Å². The summed E-state index contributed by atoms with van der Waals surface area (Å²) in [6, 6.07) is 7.25. The zero-order valence-electron chi connectivity index (χ0n) is 12.3. The van der Waals surface area contributed by atoms with Crippen molar-refractivity contribution in [2.75, 3.05) is 38.5 Å². The lowest BCUT2D eigenvalue weighted by atomic mass is 9.98. The number of halogens is 2. The Hall–Kier alpha value is -0.810. The average molecular weight is 332 g/mol. The number of nitrogens with zero attached hydrogens (tertiary/aromatic N) is 1. The number of carbonyl (C=O) groups is 1. The van der Waals surface area contributed by atoms with Crippen LogP contribution < -0.4 is 10.6 Å². The van der Waals surface area contributed by atoms with Gasteiger partial charge in [-0.1, -0.05) is 17.7 Å². The summed E-state index contributed by atoms with van der Waals surface area (Å²) in [5.74, 6) is 0.671. The third-order valence-corrected chi connectivity index (χ3v) is 3.81. The van der Waals surface area contributed by atoms with Crippen LogP contribution in [-0.4, -0.2) is 44.0 Å². The van der Waals surface area contributed by atoms with Crippen molar-refractivity contribution in [3.8, 4) is 0 Å². The summed E-state index contributed by atoms with van der Waals surface area (Å²) in [6.45, 7) is 3.46. The van der Waals surface area contributed by atoms with Gasteiger partial charge in [0.15, 0.2) is 0 Å². The fraction of sp³-hybridized carbons (Fsp3) is 0.533. The lowest BCUT2D eigenvalue weighted by Crippen LogP contribution is -2.42. The van der Waals surface area contributed by atoms with Crippen molar-refractivity contribution in [1.82, 2.24) is 10.2 Å². The minimum absolute atomic E-state index is 0. The number of amides is 1. The molecule has 1 aliphatic rings. The van der Waals surface area contributed by atoms with Crippen molar-refractivity contribution < 1.29 is 4.79 Å². The Bertz CT molecular complexity index is 454. The number of hydrogen-bond acceptors (Lipinski definition) is 3. The molecule has 0 aromatic heterocycles. The SMILES string of the molecule is CNCC1CCCN(CC(=O)Nc2cccc(Cl)c2)C1.Cl. The van der Waals surface area contributed by atoms with Gasteiger partial charge in [0.05, 0.1) is 6.54 Å². The van der Waals surface area contributed by atoms with Crippen LogP contribution in [0, 0.1) is 5.92 Å². The van der Waals surface area contributed by atoms with Crippen LogP contribution >= 0.6 is 24.0 Å². The fourth-order valence-corrected chi connectivity index (χ4v) is 2.91. The van der Waals surface area contributed by atoms with Crippen molar-refractivity contribution in [2.45, 2.75) is 12.8 Å². The summed E-state index contributed by atoms with van der Waals surface area (Å²) in [4.78, 5) is 14.3. The molecule has 1 amide bonds. The molecule has 1 unspecified atom stereocenters. The number of benzene rings is 1. The van der Waals surface area contributed by atoms with E-state index in [1.165, 1.54) is 6.42 Å². The quantitative estimate of drug-likeness (QED) is 0.871. The summed E-state index contributed by atoms with van der Waals surface area (Å²) in [7, 11) is 1.98. The number of likely N-dealkylation sites (tertiary alicyclic amines) is 1. The molecule has 0 aliphatic carbocycles. The predicted molar refractivity (Wildman–Crippen MR) is 90.4 cm³/mol. The molecule has 1 atom stereocenters. The maximum atomic E-state index is 12.0. The average Bonchev–Trinajstić information content (AvgIpc) is 2.39. The van der Waals surface area contributed by atoms with Gasteiger partial charge in [-0.3, -0.25) is 9.69 Å². The first-order valence-electron chi connectivity index (χ1n) is 7.10. The summed E-state index contributed by atoms with van der Waals surface area (Å²) in [5.41, 5.74) is 0.756. The summed E-state index contributed by atoms with van der Waals surface area (Å²) in [6.07, 6.45) is 2.41. The number of hydrogen-bond donors (Lipinski definition) is 2. The van der Waals surface area contributed by atoms with Gasteiger partial charge in [-0.25, -0.2) is 0 Å². The van der Waals surface area contributed by atoms with Gasteiger partial charge in [0.2, 0.25) is 5.91 Å². The second kappa shape index (κ2) is 9.26. The van der Waals surface area contributed by atoms with Crippen molar-refractivity contribution >= 4 is 35.6 Å². The second-order valence-electron chi connectivity index (χ2n) is 5.36. The molecule has 21 heavy (non-hydrogen) atoms. The highest BCUT2D eigenvalue weighted by Gasteiger charge is 2.20. The third-order valence-electron chi connectivity index (χ3n) is 3.57. The van der Waals surface area contributed by atoms with Crippen molar-refractivity contribution in [2.24, 2.45) is 5.92 Å². The zero-order valence-corrected chi connectivity index (χ0v) is 13.8. The van der Waals surface area contributed by atoms with Gasteiger partial charge >= 0.3 is 0 Å². The first-order chi connectivity index (χ1) is 9.67. The van der Waals surface area contributed by atoms with Gasteiger partial charge in [-0.15, -0.1) is 12.4 Å². The minimum atomic E-state index is 0. The van der Waals surface area contributed by atoms with Gasteiger partial charge in [-0.2, -0.15) is 0 Å². The van der Waals surface area contributed by atoms with E-state index in [0.717, 1.165) is 31.7 Å². The molecule has 0 radical (unpaired) electrons. The van der Waals surface area contributed by atoms with E-state index in [2.05, 4.69) is 15.5 Å². The van der Waals surface area contributed by atoms with Crippen LogP contribution in [0.3, 0.4) is 0 Å². The maximum Gasteiger partial charge on any atom is 0.238 e. The maximum absolute atomic E-state index is 12.0. The van der Waals surface area contributed by atoms with Gasteiger partial charge in [0.25, 0.3) is 0 Å². The molecule has 2 N–H and O–H groups in total. The summed E-state index contributed by atoms with van der Waals surface area (Å²) < 4.78 is 0. The normalized spacial score (nSPS) is 18.9. The van der Waals surface area contributed by atoms with E-state index in [1.54, 1.807) is 12.1 Å². The van der Waals surface area contributed by atoms with Crippen LogP contribution in [0.4, 0.5) is 5.69 Å². The van der Waals surface area contributed by atoms with Gasteiger partial charge in [0, 0.05) is 17.3 Å². The second-order valence-corrected chi connectivity index (χ2v) is 5.80. The van der Waals surface area contributed by atoms with Gasteiger partial charge < -0.3 is 10.6 Å². The van der Waals surface area contributed by atoms with E-state index in [9.17, 15) is 4.79 Å². The molecular formula is C15H23Cl2N3O. The minimum Gasteiger partial charge on any atom is -0.325 e. The highest BCUT2D eigenvalue weighted by atomic mass is 35.5. The van der Waals surface area contributed by atoms with Crippen LogP contribution in [-0.2, 0) is 4.79 Å². The molecule has 1 aliphatic heterocycles. The molecule has 1 heterocycles. The van der Waals surface area contributed by atoms with E-state index in [0.29, 0.717) is 17.5 Å². The molecule has 0 spiro atoms. The van der Waals surface area contributed by atoms with E-state index < -0.39 is 0 Å². The number of anilines is 1. The summed E-state index contributed by atoms with van der Waals surface area (Å²) in [5, 5.41) is 6.75. The van der Waals surface area contributed by atoms with E-state index in [4.69, 9.17) is 11.6 Å². The Morgan fingerprint density at radius 2 is 2.29 bits per heavy atom. The monoisotopic (exact) mass is 331 g/mol. The highest BCUT2D eigenvalue weighted by Crippen LogP contribution is 2.17. The number of piperidine rings is 1. The van der Waals surface area contributed by atoms with Crippen LogP contribution in [0.15, 0.2) is 24.3 Å². The molecule has 0 saturated carbocycles. The summed E-state index contributed by atoms with van der Waals surface area (Å²) >= 11 is 5.91. The third kappa shape index (κ3) is 6.22. The molecule has 4 nitrogen and oxygen atoms in total. The molecule has 118 valence electrons. The van der Waals surface area contributed by atoms with Crippen molar-refractivity contribution in [3.05, 3.63) is 29.3 Å². The molecular weight excluding hydrogens is 309 g/mol. The Balaban J connectivity index is 0.00000220. The first kappa shape index (κ1) is 18.2. The standard InChI is InChI=1S/C15H22ClN3O.ClH/c1-17-9-12-4-3-7-19(10-12)11-15(20)18-14-6-2-5-13(16)8-14;/h2,5-6,8,12,17H,3-4,7,9-11H2,1H3,(H,18,20);1H. The lowest BCUT2D eigenvalue weighted by Gasteiger charge is -2.32. The highest BCUT2D eigenvalue weighted by molar-refractivity contribution is 6.30. The number of rotatable bonds is 5. The predicted octanol–water partition coefficient (Wildman–Crippen LogP) is 2.63. The van der Waals surface area contributed by atoms with Crippen LogP contribution in [0.25, 0.3) is 0 Å². The van der Waals surface area contributed by atoms with E-state index in [1.807, 2.05) is 19.2 Å². The van der Waals surface area contributed by atoms with E-state index in [-0.39, 0.29) is 18.3 Å². The molecule has 0 bridgehead atoms. The Morgan fingerprint density at radius 1 is 1.48 bits per heavy atom. The zero-order chi connectivity index (χ0) is 14.4. The smallest absolute Gasteiger partial charge is 0.238 e. The molecule has 1 aromatic rings. The molecule has 1 saturated heterocycles. The molecule has 6 heteroatoms. The van der Waals surface area contributed by atoms with Gasteiger partial charge in [0.1, 0.15) is 0 Å². The molecule has 1 fully saturated rings. The van der Waals surface area contributed by atoms with Crippen LogP contribution in [0.1, 0.15) is 12.8 Å².